The minimum Gasteiger partial charge on any atom is -0.295 e. The summed E-state index contributed by atoms with van der Waals surface area (Å²) in [5.74, 6) is 2.21. The minimum atomic E-state index is -2.01. The van der Waals surface area contributed by atoms with Crippen molar-refractivity contribution in [1.29, 1.82) is 0 Å². The number of carbonyl (C=O) groups is 1. The fourth-order valence-corrected chi connectivity index (χ4v) is 6.68. The van der Waals surface area contributed by atoms with E-state index in [1.54, 1.807) is 13.0 Å². The largest absolute Gasteiger partial charge is 0.295 e. The molecule has 0 radical (unpaired) electrons. The Hall–Kier alpha value is -2.50. The fourth-order valence-electron chi connectivity index (χ4n) is 2.91. The molecule has 0 unspecified atom stereocenters. The molecule has 1 nitrogen and oxygen atoms in total. The quantitative estimate of drug-likeness (QED) is 0.508. The third-order valence-corrected chi connectivity index (χ3v) is 7.96. The van der Waals surface area contributed by atoms with E-state index in [0.717, 1.165) is 0 Å². The predicted octanol–water partition coefficient (Wildman–Crippen LogP) is 4.08. The van der Waals surface area contributed by atoms with Crippen molar-refractivity contribution in [3.8, 4) is 0 Å². The first-order chi connectivity index (χ1) is 11.7. The second-order valence-corrected chi connectivity index (χ2v) is 8.95. The van der Waals surface area contributed by atoms with Crippen molar-refractivity contribution in [3.63, 3.8) is 0 Å². The highest BCUT2D eigenvalue weighted by atomic mass is 31.2. The minimum absolute atomic E-state index is 0.0715. The van der Waals surface area contributed by atoms with Gasteiger partial charge in [-0.05, 0) is 43.3 Å². The van der Waals surface area contributed by atoms with Gasteiger partial charge in [0.2, 0.25) is 0 Å². The molecule has 0 saturated carbocycles. The molecule has 0 aliphatic carbocycles. The van der Waals surface area contributed by atoms with Gasteiger partial charge in [0.1, 0.15) is 23.2 Å². The molecule has 0 N–H and O–H groups in total. The molecule has 0 aliphatic heterocycles. The Morgan fingerprint density at radius 1 is 0.667 bits per heavy atom. The Balaban J connectivity index is 2.35. The van der Waals surface area contributed by atoms with Crippen LogP contribution in [0.2, 0.25) is 0 Å². The summed E-state index contributed by atoms with van der Waals surface area (Å²) >= 11 is 0. The summed E-state index contributed by atoms with van der Waals surface area (Å²) in [5, 5.41) is 3.75. The number of allylic oxidation sites excluding steroid dienone is 1. The first-order valence-electron chi connectivity index (χ1n) is 7.99. The summed E-state index contributed by atoms with van der Waals surface area (Å²) in [4.78, 5) is 11.7. The molecule has 3 rings (SSSR count). The molecule has 0 fully saturated rings. The van der Waals surface area contributed by atoms with Crippen molar-refractivity contribution >= 4 is 29.0 Å². The molecule has 0 aliphatic rings. The van der Waals surface area contributed by atoms with E-state index in [1.165, 1.54) is 15.9 Å². The number of ketones is 1. The molecule has 0 atom stereocenters. The van der Waals surface area contributed by atoms with Crippen molar-refractivity contribution in [2.75, 3.05) is 0 Å². The maximum absolute atomic E-state index is 11.7. The molecule has 118 valence electrons. The number of carbonyl (C=O) groups excluding carboxylic acids is 1. The molecular weight excluding hydrogens is 311 g/mol. The molecule has 3 aromatic rings. The van der Waals surface area contributed by atoms with Crippen LogP contribution in [0.15, 0.2) is 103 Å². The van der Waals surface area contributed by atoms with Gasteiger partial charge in [-0.3, -0.25) is 4.79 Å². The number of rotatable bonds is 5. The summed E-state index contributed by atoms with van der Waals surface area (Å²) in [6.07, 6.45) is 1.72. The van der Waals surface area contributed by atoms with Crippen molar-refractivity contribution in [1.82, 2.24) is 0 Å². The Labute approximate surface area is 144 Å². The van der Waals surface area contributed by atoms with Gasteiger partial charge in [0.05, 0.1) is 5.82 Å². The molecule has 0 amide bonds. The lowest BCUT2D eigenvalue weighted by atomic mass is 10.4. The van der Waals surface area contributed by atoms with E-state index in [9.17, 15) is 4.79 Å². The molecular formula is C22H20OP+. The first kappa shape index (κ1) is 16.4. The van der Waals surface area contributed by atoms with Gasteiger partial charge in [-0.15, -0.1) is 0 Å². The second-order valence-electron chi connectivity index (χ2n) is 5.66. The predicted molar refractivity (Wildman–Crippen MR) is 105 cm³/mol. The van der Waals surface area contributed by atoms with Gasteiger partial charge in [-0.1, -0.05) is 54.6 Å². The number of hydrogen-bond acceptors (Lipinski definition) is 1. The van der Waals surface area contributed by atoms with Crippen molar-refractivity contribution in [2.45, 2.75) is 6.92 Å². The van der Waals surface area contributed by atoms with Gasteiger partial charge in [0.25, 0.3) is 0 Å². The first-order valence-corrected chi connectivity index (χ1v) is 9.85. The van der Waals surface area contributed by atoms with Gasteiger partial charge in [-0.25, -0.2) is 0 Å². The van der Waals surface area contributed by atoms with Crippen LogP contribution in [0.4, 0.5) is 0 Å². The van der Waals surface area contributed by atoms with Crippen LogP contribution >= 0.6 is 7.26 Å². The zero-order chi connectivity index (χ0) is 16.8. The third-order valence-electron chi connectivity index (χ3n) is 4.02. The maximum atomic E-state index is 11.7. The van der Waals surface area contributed by atoms with Crippen LogP contribution in [0, 0.1) is 0 Å². The lowest BCUT2D eigenvalue weighted by molar-refractivity contribution is -0.112. The van der Waals surface area contributed by atoms with E-state index in [-0.39, 0.29) is 5.78 Å². The highest BCUT2D eigenvalue weighted by Gasteiger charge is 2.43. The molecule has 0 heterocycles. The van der Waals surface area contributed by atoms with Crippen LogP contribution in [0.5, 0.6) is 0 Å². The summed E-state index contributed by atoms with van der Waals surface area (Å²) in [6.45, 7) is 1.60. The van der Waals surface area contributed by atoms with E-state index < -0.39 is 7.26 Å². The maximum Gasteiger partial charge on any atom is 0.155 e. The zero-order valence-corrected chi connectivity index (χ0v) is 14.6. The van der Waals surface area contributed by atoms with Crippen molar-refractivity contribution < 1.29 is 4.79 Å². The Morgan fingerprint density at radius 2 is 1.00 bits per heavy atom. The summed E-state index contributed by atoms with van der Waals surface area (Å²) < 4.78 is 0. The fraction of sp³-hybridized carbons (Fsp3) is 0.0455. The van der Waals surface area contributed by atoms with Crippen LogP contribution in [0.25, 0.3) is 0 Å². The Morgan fingerprint density at radius 3 is 1.29 bits per heavy atom. The molecule has 24 heavy (non-hydrogen) atoms. The smallest absolute Gasteiger partial charge is 0.155 e. The lowest BCUT2D eigenvalue weighted by Gasteiger charge is -2.23. The molecule has 0 spiro atoms. The molecule has 0 bridgehead atoms. The van der Waals surface area contributed by atoms with Crippen molar-refractivity contribution in [3.05, 3.63) is 103 Å². The summed E-state index contributed by atoms with van der Waals surface area (Å²) in [6, 6.07) is 31.5. The van der Waals surface area contributed by atoms with Gasteiger partial charge >= 0.3 is 0 Å². The monoisotopic (exact) mass is 331 g/mol. The standard InChI is InChI=1S/C22H20OP/c1-19(23)17-18-24(20-11-5-2-6-12-20,21-13-7-3-8-14-21)22-15-9-4-10-16-22/h2-18H,1H3/q+1/b18-17-. The molecule has 0 aromatic heterocycles. The van der Waals surface area contributed by atoms with E-state index in [2.05, 4.69) is 78.6 Å². The van der Waals surface area contributed by atoms with E-state index in [4.69, 9.17) is 0 Å². The average molecular weight is 331 g/mol. The van der Waals surface area contributed by atoms with E-state index in [0.29, 0.717) is 0 Å². The van der Waals surface area contributed by atoms with Crippen molar-refractivity contribution in [2.24, 2.45) is 0 Å². The van der Waals surface area contributed by atoms with Crippen LogP contribution in [0.1, 0.15) is 6.92 Å². The summed E-state index contributed by atoms with van der Waals surface area (Å²) in [5.41, 5.74) is 0. The average Bonchev–Trinajstić information content (AvgIpc) is 2.65. The van der Waals surface area contributed by atoms with E-state index >= 15 is 0 Å². The molecule has 2 heteroatoms. The number of benzene rings is 3. The van der Waals surface area contributed by atoms with E-state index in [1.807, 2.05) is 18.2 Å². The highest BCUT2D eigenvalue weighted by molar-refractivity contribution is 7.98. The lowest BCUT2D eigenvalue weighted by Crippen LogP contribution is -2.29. The highest BCUT2D eigenvalue weighted by Crippen LogP contribution is 2.56. The Kier molecular flexibility index (Phi) is 5.03. The topological polar surface area (TPSA) is 17.1 Å². The normalized spacial score (nSPS) is 11.5. The van der Waals surface area contributed by atoms with Crippen LogP contribution in [-0.2, 0) is 4.79 Å². The SMILES string of the molecule is CC(=O)/C=C\[P+](c1ccccc1)(c1ccccc1)c1ccccc1. The summed E-state index contributed by atoms with van der Waals surface area (Å²) in [7, 11) is -2.01. The number of hydrogen-bond donors (Lipinski definition) is 0. The van der Waals surface area contributed by atoms with Gasteiger partial charge in [0, 0.05) is 6.08 Å². The molecule has 3 aromatic carbocycles. The van der Waals surface area contributed by atoms with Crippen LogP contribution < -0.4 is 15.9 Å². The van der Waals surface area contributed by atoms with Gasteiger partial charge < -0.3 is 0 Å². The van der Waals surface area contributed by atoms with Gasteiger partial charge in [0.15, 0.2) is 5.78 Å². The Bertz CT molecular complexity index is 727. The molecule has 0 saturated heterocycles. The van der Waals surface area contributed by atoms with Crippen LogP contribution in [0.3, 0.4) is 0 Å². The second kappa shape index (κ2) is 7.38. The van der Waals surface area contributed by atoms with Gasteiger partial charge in [-0.2, -0.15) is 0 Å². The van der Waals surface area contributed by atoms with Crippen LogP contribution in [-0.4, -0.2) is 5.78 Å². The third kappa shape index (κ3) is 3.22. The zero-order valence-electron chi connectivity index (χ0n) is 13.7.